The summed E-state index contributed by atoms with van der Waals surface area (Å²) >= 11 is 0. The Kier molecular flexibility index (Phi) is 7.14. The van der Waals surface area contributed by atoms with E-state index in [1.54, 1.807) is 23.2 Å². The van der Waals surface area contributed by atoms with Gasteiger partial charge in [-0.25, -0.2) is 9.18 Å². The van der Waals surface area contributed by atoms with Crippen molar-refractivity contribution in [2.24, 2.45) is 0 Å². The molecule has 1 N–H and O–H groups in total. The van der Waals surface area contributed by atoms with Crippen LogP contribution in [0.1, 0.15) is 25.1 Å². The molecule has 37 heavy (non-hydrogen) atoms. The first-order valence-electron chi connectivity index (χ1n) is 12.3. The molecule has 0 aliphatic rings. The molecule has 0 spiro atoms. The van der Waals surface area contributed by atoms with Gasteiger partial charge in [0.1, 0.15) is 12.4 Å². The topological polar surface area (TPSA) is 67.5 Å². The number of benzene rings is 3. The maximum atomic E-state index is 14.8. The van der Waals surface area contributed by atoms with Gasteiger partial charge < -0.3 is 14.5 Å². The number of aromatic nitrogens is 2. The van der Waals surface area contributed by atoms with E-state index in [0.717, 1.165) is 33.1 Å². The third kappa shape index (κ3) is 4.90. The largest absolute Gasteiger partial charge is 0.444 e. The second-order valence-corrected chi connectivity index (χ2v) is 8.62. The fourth-order valence-electron chi connectivity index (χ4n) is 4.53. The van der Waals surface area contributed by atoms with Gasteiger partial charge in [0, 0.05) is 52.5 Å². The van der Waals surface area contributed by atoms with Gasteiger partial charge in [0.05, 0.1) is 17.8 Å². The third-order valence-corrected chi connectivity index (χ3v) is 6.35. The van der Waals surface area contributed by atoms with Crippen LogP contribution in [0.25, 0.3) is 32.9 Å². The molecule has 0 saturated heterocycles. The van der Waals surface area contributed by atoms with Crippen LogP contribution in [-0.4, -0.2) is 29.2 Å². The molecule has 2 heterocycles. The lowest BCUT2D eigenvalue weighted by Crippen LogP contribution is -2.31. The van der Waals surface area contributed by atoms with Crippen molar-refractivity contribution in [1.29, 1.82) is 0 Å². The molecule has 0 bridgehead atoms. The van der Waals surface area contributed by atoms with E-state index in [2.05, 4.69) is 9.97 Å². The van der Waals surface area contributed by atoms with Gasteiger partial charge in [-0.2, -0.15) is 0 Å². The van der Waals surface area contributed by atoms with Gasteiger partial charge in [-0.3, -0.25) is 9.88 Å². The second-order valence-electron chi connectivity index (χ2n) is 8.62. The first-order chi connectivity index (χ1) is 18.1. The summed E-state index contributed by atoms with van der Waals surface area (Å²) in [6, 6.07) is 22.0. The minimum atomic E-state index is -0.424. The number of anilines is 1. The Hall–Kier alpha value is -4.23. The minimum absolute atomic E-state index is 0.198. The van der Waals surface area contributed by atoms with Crippen LogP contribution >= 0.6 is 0 Å². The molecule has 7 heteroatoms. The highest BCUT2D eigenvalue weighted by Crippen LogP contribution is 2.38. The van der Waals surface area contributed by atoms with Gasteiger partial charge in [-0.05, 0) is 37.6 Å². The van der Waals surface area contributed by atoms with Crippen molar-refractivity contribution in [3.63, 3.8) is 0 Å². The van der Waals surface area contributed by atoms with E-state index >= 15 is 0 Å². The highest BCUT2D eigenvalue weighted by atomic mass is 19.1. The average molecular weight is 498 g/mol. The van der Waals surface area contributed by atoms with Crippen molar-refractivity contribution in [2.45, 2.75) is 27.1 Å². The van der Waals surface area contributed by atoms with Crippen molar-refractivity contribution in [3.8, 4) is 11.1 Å². The molecule has 0 unspecified atom stereocenters. The molecule has 0 aliphatic heterocycles. The molecule has 3 aromatic carbocycles. The molecule has 2 aromatic heterocycles. The number of carbonyl (C=O) groups is 1. The predicted octanol–water partition coefficient (Wildman–Crippen LogP) is 7.22. The fraction of sp³-hybridized carbons (Fsp3) is 0.200. The monoisotopic (exact) mass is 497 g/mol. The van der Waals surface area contributed by atoms with E-state index in [1.165, 1.54) is 6.07 Å². The number of hydrogen-bond donors (Lipinski definition) is 1. The van der Waals surface area contributed by atoms with Gasteiger partial charge >= 0.3 is 6.09 Å². The van der Waals surface area contributed by atoms with Gasteiger partial charge in [0.15, 0.2) is 0 Å². The number of amides is 1. The van der Waals surface area contributed by atoms with Gasteiger partial charge in [0.25, 0.3) is 0 Å². The van der Waals surface area contributed by atoms with Crippen molar-refractivity contribution in [2.75, 3.05) is 18.1 Å². The Labute approximate surface area is 214 Å². The lowest BCUT2D eigenvalue weighted by atomic mass is 10.00. The number of ether oxygens (including phenoxy) is 2. The maximum absolute atomic E-state index is 14.8. The third-order valence-electron chi connectivity index (χ3n) is 6.35. The molecule has 5 aromatic rings. The van der Waals surface area contributed by atoms with Gasteiger partial charge in [-0.15, -0.1) is 0 Å². The summed E-state index contributed by atoms with van der Waals surface area (Å²) in [6.45, 7) is 5.36. The molecule has 0 fully saturated rings. The standard InChI is InChI=1S/C30H28FN3O3/c1-3-34(30(35)37-18-20-10-6-5-7-11-20)21-14-15-23-26(16-21)33-29-27(19-36-4-2)32-17-24(28(23)29)22-12-8-9-13-25(22)31/h5-17,33H,3-4,18-19H2,1-2H3. The predicted molar refractivity (Wildman–Crippen MR) is 144 cm³/mol. The number of fused-ring (bicyclic) bond motifs is 3. The van der Waals surface area contributed by atoms with Crippen molar-refractivity contribution >= 4 is 33.6 Å². The molecule has 1 amide bonds. The maximum Gasteiger partial charge on any atom is 0.414 e. The van der Waals surface area contributed by atoms with E-state index in [9.17, 15) is 9.18 Å². The number of halogens is 1. The molecule has 0 aliphatic carbocycles. The Morgan fingerprint density at radius 2 is 1.76 bits per heavy atom. The van der Waals surface area contributed by atoms with Crippen LogP contribution < -0.4 is 4.90 Å². The summed E-state index contributed by atoms with van der Waals surface area (Å²) in [7, 11) is 0. The van der Waals surface area contributed by atoms with Crippen LogP contribution in [0.4, 0.5) is 14.9 Å². The van der Waals surface area contributed by atoms with E-state index in [0.29, 0.717) is 36.6 Å². The lowest BCUT2D eigenvalue weighted by molar-refractivity contribution is 0.132. The molecule has 6 nitrogen and oxygen atoms in total. The van der Waals surface area contributed by atoms with Crippen LogP contribution in [0.15, 0.2) is 79.0 Å². The number of rotatable bonds is 8. The summed E-state index contributed by atoms with van der Waals surface area (Å²) < 4.78 is 26.0. The summed E-state index contributed by atoms with van der Waals surface area (Å²) in [6.07, 6.45) is 1.28. The SMILES string of the molecule is CCOCc1ncc(-c2ccccc2F)c2c1[nH]c1cc(N(CC)C(=O)OCc3ccccc3)ccc12. The molecule has 0 atom stereocenters. The Morgan fingerprint density at radius 1 is 0.973 bits per heavy atom. The molecule has 0 radical (unpaired) electrons. The number of carbonyl (C=O) groups excluding carboxylic acids is 1. The van der Waals surface area contributed by atoms with E-state index in [4.69, 9.17) is 9.47 Å². The van der Waals surface area contributed by atoms with E-state index in [-0.39, 0.29) is 12.4 Å². The van der Waals surface area contributed by atoms with E-state index in [1.807, 2.05) is 68.4 Å². The molecular formula is C30H28FN3O3. The zero-order valence-corrected chi connectivity index (χ0v) is 20.8. The molecule has 5 rings (SSSR count). The highest BCUT2D eigenvalue weighted by Gasteiger charge is 2.20. The zero-order chi connectivity index (χ0) is 25.8. The Bertz CT molecular complexity index is 1550. The van der Waals surface area contributed by atoms with Crippen LogP contribution in [0, 0.1) is 5.82 Å². The minimum Gasteiger partial charge on any atom is -0.444 e. The summed E-state index contributed by atoms with van der Waals surface area (Å²) in [5.74, 6) is -0.313. The van der Waals surface area contributed by atoms with Crippen LogP contribution in [0.3, 0.4) is 0 Å². The highest BCUT2D eigenvalue weighted by molar-refractivity contribution is 6.15. The fourth-order valence-corrected chi connectivity index (χ4v) is 4.53. The zero-order valence-electron chi connectivity index (χ0n) is 20.8. The normalized spacial score (nSPS) is 11.2. The number of hydrogen-bond acceptors (Lipinski definition) is 4. The van der Waals surface area contributed by atoms with Crippen LogP contribution in [-0.2, 0) is 22.7 Å². The summed E-state index contributed by atoms with van der Waals surface area (Å²) in [5.41, 5.74) is 5.14. The Balaban J connectivity index is 1.56. The molecular weight excluding hydrogens is 469 g/mol. The summed E-state index contributed by atoms with van der Waals surface area (Å²) in [5, 5.41) is 1.77. The quantitative estimate of drug-likeness (QED) is 0.246. The lowest BCUT2D eigenvalue weighted by Gasteiger charge is -2.20. The first-order valence-corrected chi connectivity index (χ1v) is 12.3. The molecule has 188 valence electrons. The number of pyridine rings is 1. The summed E-state index contributed by atoms with van der Waals surface area (Å²) in [4.78, 5) is 22.6. The van der Waals surface area contributed by atoms with Crippen molar-refractivity contribution in [3.05, 3.63) is 96.1 Å². The Morgan fingerprint density at radius 3 is 2.51 bits per heavy atom. The van der Waals surface area contributed by atoms with Gasteiger partial charge in [0.2, 0.25) is 0 Å². The van der Waals surface area contributed by atoms with Gasteiger partial charge in [-0.1, -0.05) is 54.6 Å². The number of nitrogens with one attached hydrogen (secondary N) is 1. The number of H-pyrrole nitrogens is 1. The average Bonchev–Trinajstić information content (AvgIpc) is 3.31. The number of nitrogens with zero attached hydrogens (tertiary/aromatic N) is 2. The van der Waals surface area contributed by atoms with E-state index < -0.39 is 6.09 Å². The first kappa shape index (κ1) is 24.5. The van der Waals surface area contributed by atoms with Crippen LogP contribution in [0.5, 0.6) is 0 Å². The number of aromatic amines is 1. The van der Waals surface area contributed by atoms with Crippen LogP contribution in [0.2, 0.25) is 0 Å². The van der Waals surface area contributed by atoms with Crippen molar-refractivity contribution < 1.29 is 18.7 Å². The molecule has 0 saturated carbocycles. The second kappa shape index (κ2) is 10.8. The van der Waals surface area contributed by atoms with Crippen molar-refractivity contribution in [1.82, 2.24) is 9.97 Å². The smallest absolute Gasteiger partial charge is 0.414 e.